The largest absolute Gasteiger partial charge is 0.426 e. The molecule has 0 unspecified atom stereocenters. The fourth-order valence-electron chi connectivity index (χ4n) is 1.72. The van der Waals surface area contributed by atoms with Crippen molar-refractivity contribution in [2.24, 2.45) is 0 Å². The van der Waals surface area contributed by atoms with Crippen molar-refractivity contribution in [3.63, 3.8) is 0 Å². The van der Waals surface area contributed by atoms with Crippen LogP contribution in [-0.2, 0) is 11.2 Å². The fourth-order valence-corrected chi connectivity index (χ4v) is 1.72. The lowest BCUT2D eigenvalue weighted by molar-refractivity contribution is -0.870. The first-order valence-electron chi connectivity index (χ1n) is 8.00. The van der Waals surface area contributed by atoms with Crippen molar-refractivity contribution in [2.45, 2.75) is 13.3 Å². The molecule has 19 heavy (non-hydrogen) atoms. The van der Waals surface area contributed by atoms with Crippen molar-refractivity contribution in [2.75, 3.05) is 27.6 Å². The number of esters is 1. The SMILES string of the molecule is [2H]C([2H])(c1c[nH]c2cccc(OC(C)=O)c12)C([2H])([2H])[N+](C)(C)C. The monoisotopic (exact) mass is 265 g/mol. The second-order valence-corrected chi connectivity index (χ2v) is 5.22. The second kappa shape index (κ2) is 5.05. The summed E-state index contributed by atoms with van der Waals surface area (Å²) in [5.41, 5.74) is 0.710. The summed E-state index contributed by atoms with van der Waals surface area (Å²) >= 11 is 0. The number of nitrogens with zero attached hydrogens (tertiary/aromatic N) is 1. The van der Waals surface area contributed by atoms with Crippen LogP contribution in [0.4, 0.5) is 0 Å². The van der Waals surface area contributed by atoms with Gasteiger partial charge >= 0.3 is 5.97 Å². The van der Waals surface area contributed by atoms with Gasteiger partial charge in [-0.1, -0.05) is 6.07 Å². The van der Waals surface area contributed by atoms with E-state index >= 15 is 0 Å². The Balaban J connectivity index is 2.71. The van der Waals surface area contributed by atoms with Crippen LogP contribution in [0, 0.1) is 0 Å². The molecule has 0 radical (unpaired) electrons. The van der Waals surface area contributed by atoms with Gasteiger partial charge in [0, 0.05) is 33.1 Å². The van der Waals surface area contributed by atoms with Crippen LogP contribution in [0.1, 0.15) is 18.0 Å². The number of ether oxygens (including phenoxy) is 1. The molecule has 1 aromatic carbocycles. The van der Waals surface area contributed by atoms with E-state index in [4.69, 9.17) is 10.2 Å². The molecule has 0 aliphatic rings. The third kappa shape index (κ3) is 3.35. The average Bonchev–Trinajstić information content (AvgIpc) is 2.82. The molecule has 2 rings (SSSR count). The van der Waals surface area contributed by atoms with E-state index in [-0.39, 0.29) is 15.8 Å². The molecule has 4 heteroatoms. The molecule has 1 heterocycles. The molecule has 1 N–H and O–H groups in total. The maximum Gasteiger partial charge on any atom is 0.308 e. The van der Waals surface area contributed by atoms with Crippen molar-refractivity contribution in [1.82, 2.24) is 4.98 Å². The number of carbonyl (C=O) groups excluding carboxylic acids is 1. The quantitative estimate of drug-likeness (QED) is 0.524. The lowest BCUT2D eigenvalue weighted by atomic mass is 10.1. The number of hydrogen-bond donors (Lipinski definition) is 1. The van der Waals surface area contributed by atoms with Crippen LogP contribution in [0.15, 0.2) is 24.4 Å². The first-order valence-corrected chi connectivity index (χ1v) is 6.00. The van der Waals surface area contributed by atoms with E-state index in [1.54, 1.807) is 39.3 Å². The van der Waals surface area contributed by atoms with Crippen molar-refractivity contribution in [1.29, 1.82) is 0 Å². The summed E-state index contributed by atoms with van der Waals surface area (Å²) in [6.07, 6.45) is -0.870. The van der Waals surface area contributed by atoms with E-state index < -0.39 is 18.8 Å². The lowest BCUT2D eigenvalue weighted by Gasteiger charge is -2.23. The predicted octanol–water partition coefficient (Wildman–Crippen LogP) is 2.34. The average molecular weight is 265 g/mol. The Kier molecular flexibility index (Phi) is 2.43. The number of hydrogen-bond acceptors (Lipinski definition) is 2. The lowest BCUT2D eigenvalue weighted by Crippen LogP contribution is -2.36. The second-order valence-electron chi connectivity index (χ2n) is 5.22. The van der Waals surface area contributed by atoms with Crippen LogP contribution in [-0.4, -0.2) is 43.1 Å². The van der Waals surface area contributed by atoms with E-state index in [2.05, 4.69) is 4.98 Å². The Morgan fingerprint density at radius 2 is 2.16 bits per heavy atom. The molecule has 2 aromatic rings. The maximum absolute atomic E-state index is 11.3. The number of carbonyl (C=O) groups is 1. The minimum Gasteiger partial charge on any atom is -0.426 e. The maximum atomic E-state index is 11.3. The summed E-state index contributed by atoms with van der Waals surface area (Å²) in [6.45, 7) is -0.934. The standard InChI is InChI=1S/C15H21N2O2/c1-11(18)19-14-7-5-6-13-15(14)12(10-16-13)8-9-17(2,3)4/h5-7,10,16H,8-9H2,1-4H3/q+1/i8D2,9D2. The van der Waals surface area contributed by atoms with Gasteiger partial charge in [-0.2, -0.15) is 0 Å². The van der Waals surface area contributed by atoms with Crippen LogP contribution in [0.5, 0.6) is 5.75 Å². The number of nitrogens with one attached hydrogen (secondary N) is 1. The molecule has 0 amide bonds. The third-order valence-electron chi connectivity index (χ3n) is 2.45. The molecule has 0 saturated heterocycles. The van der Waals surface area contributed by atoms with Gasteiger partial charge in [0.2, 0.25) is 0 Å². The van der Waals surface area contributed by atoms with Gasteiger partial charge in [-0.05, 0) is 17.7 Å². The summed E-state index contributed by atoms with van der Waals surface area (Å²) in [4.78, 5) is 14.2. The van der Waals surface area contributed by atoms with Gasteiger partial charge in [0.05, 0.1) is 30.4 Å². The molecule has 1 aromatic heterocycles. The highest BCUT2D eigenvalue weighted by atomic mass is 16.5. The smallest absolute Gasteiger partial charge is 0.308 e. The van der Waals surface area contributed by atoms with Crippen LogP contribution in [0.2, 0.25) is 0 Å². The highest BCUT2D eigenvalue weighted by Crippen LogP contribution is 2.29. The van der Waals surface area contributed by atoms with Gasteiger partial charge in [0.1, 0.15) is 5.75 Å². The normalized spacial score (nSPS) is 16.4. The number of benzene rings is 1. The van der Waals surface area contributed by atoms with E-state index in [0.717, 1.165) is 0 Å². The molecule has 0 bridgehead atoms. The van der Waals surface area contributed by atoms with Crippen molar-refractivity contribution < 1.29 is 19.5 Å². The first kappa shape index (κ1) is 9.15. The summed E-state index contributed by atoms with van der Waals surface area (Å²) < 4.78 is 38.4. The highest BCUT2D eigenvalue weighted by Gasteiger charge is 2.14. The molecule has 102 valence electrons. The molecule has 0 atom stereocenters. The summed E-state index contributed by atoms with van der Waals surface area (Å²) in [5, 5.41) is 0.380. The van der Waals surface area contributed by atoms with Gasteiger partial charge in [0.15, 0.2) is 0 Å². The zero-order valence-corrected chi connectivity index (χ0v) is 11.6. The molecule has 0 fully saturated rings. The molecule has 0 spiro atoms. The van der Waals surface area contributed by atoms with Gasteiger partial charge in [0.25, 0.3) is 0 Å². The number of quaternary nitrogens is 1. The van der Waals surface area contributed by atoms with Gasteiger partial charge in [-0.15, -0.1) is 0 Å². The molecule has 0 aliphatic carbocycles. The van der Waals surface area contributed by atoms with Crippen molar-refractivity contribution >= 4 is 16.9 Å². The first-order chi connectivity index (χ1) is 10.4. The topological polar surface area (TPSA) is 42.1 Å². The van der Waals surface area contributed by atoms with Crippen molar-refractivity contribution in [3.8, 4) is 5.75 Å². The minimum atomic E-state index is -2.31. The van der Waals surface area contributed by atoms with E-state index in [0.29, 0.717) is 10.9 Å². The van der Waals surface area contributed by atoms with E-state index in [1.807, 2.05) is 0 Å². The third-order valence-corrected chi connectivity index (χ3v) is 2.45. The number of rotatable bonds is 4. The number of aryl methyl sites for hydroxylation is 1. The Morgan fingerprint density at radius 1 is 1.42 bits per heavy atom. The van der Waals surface area contributed by atoms with Crippen LogP contribution >= 0.6 is 0 Å². The van der Waals surface area contributed by atoms with Gasteiger partial charge < -0.3 is 14.2 Å². The van der Waals surface area contributed by atoms with Gasteiger partial charge in [-0.3, -0.25) is 4.79 Å². The summed E-state index contributed by atoms with van der Waals surface area (Å²) in [6, 6.07) is 4.98. The number of aromatic amines is 1. The van der Waals surface area contributed by atoms with Crippen LogP contribution < -0.4 is 4.74 Å². The Labute approximate surface area is 119 Å². The Morgan fingerprint density at radius 3 is 2.79 bits per heavy atom. The predicted molar refractivity (Wildman–Crippen MR) is 76.2 cm³/mol. The van der Waals surface area contributed by atoms with Gasteiger partial charge in [-0.25, -0.2) is 0 Å². The minimum absolute atomic E-state index is 0.127. The molecule has 0 saturated carbocycles. The van der Waals surface area contributed by atoms with E-state index in [1.165, 1.54) is 13.1 Å². The zero-order chi connectivity index (χ0) is 17.6. The summed E-state index contributed by atoms with van der Waals surface area (Å²) in [7, 11) is 4.79. The number of fused-ring (bicyclic) bond motifs is 1. The summed E-state index contributed by atoms with van der Waals surface area (Å²) in [5.74, 6) is -0.299. The molecule has 4 nitrogen and oxygen atoms in total. The number of likely N-dealkylation sites (N-methyl/N-ethyl adjacent to an activating group) is 1. The van der Waals surface area contributed by atoms with Crippen LogP contribution in [0.3, 0.4) is 0 Å². The number of aromatic nitrogens is 1. The molecule has 0 aliphatic heterocycles. The van der Waals surface area contributed by atoms with Crippen LogP contribution in [0.25, 0.3) is 10.9 Å². The Bertz CT molecular complexity index is 748. The van der Waals surface area contributed by atoms with Crippen molar-refractivity contribution in [3.05, 3.63) is 30.0 Å². The highest BCUT2D eigenvalue weighted by molar-refractivity contribution is 5.91. The van der Waals surface area contributed by atoms with E-state index in [9.17, 15) is 4.79 Å². The fraction of sp³-hybridized carbons (Fsp3) is 0.400. The number of H-pyrrole nitrogens is 1. The zero-order valence-electron chi connectivity index (χ0n) is 15.6. The molecular formula is C15H21N2O2+. The Hall–Kier alpha value is -1.81. The molecular weight excluding hydrogens is 240 g/mol.